The van der Waals surface area contributed by atoms with Crippen molar-refractivity contribution >= 4 is 15.9 Å². The van der Waals surface area contributed by atoms with E-state index in [0.717, 1.165) is 10.0 Å². The van der Waals surface area contributed by atoms with Crippen LogP contribution in [-0.4, -0.2) is 5.11 Å². The van der Waals surface area contributed by atoms with Crippen LogP contribution in [0.5, 0.6) is 0 Å². The zero-order valence-corrected chi connectivity index (χ0v) is 9.71. The highest BCUT2D eigenvalue weighted by molar-refractivity contribution is 9.10. The molecule has 0 heterocycles. The molecule has 0 aliphatic rings. The summed E-state index contributed by atoms with van der Waals surface area (Å²) in [7, 11) is 0. The predicted molar refractivity (Wildman–Crippen MR) is 61.8 cm³/mol. The smallest absolute Gasteiger partial charge is 0.0878 e. The second kappa shape index (κ2) is 4.63. The lowest BCUT2D eigenvalue weighted by Gasteiger charge is -2.23. The molecule has 0 aromatic heterocycles. The molecule has 0 saturated heterocycles. The maximum absolute atomic E-state index is 10.1. The normalized spacial score (nSPS) is 14.4. The van der Waals surface area contributed by atoms with Gasteiger partial charge < -0.3 is 5.11 Å². The van der Waals surface area contributed by atoms with Crippen LogP contribution in [0.4, 0.5) is 0 Å². The van der Waals surface area contributed by atoms with Crippen LogP contribution in [0.3, 0.4) is 0 Å². The summed E-state index contributed by atoms with van der Waals surface area (Å²) in [6, 6.07) is 7.66. The van der Waals surface area contributed by atoms with Crippen LogP contribution in [0.2, 0.25) is 0 Å². The zero-order valence-electron chi connectivity index (χ0n) is 8.13. The third-order valence-electron chi connectivity index (χ3n) is 2.20. The van der Waals surface area contributed by atoms with Gasteiger partial charge >= 0.3 is 0 Å². The van der Waals surface area contributed by atoms with Gasteiger partial charge in [-0.3, -0.25) is 0 Å². The molecule has 0 fully saturated rings. The fraction of sp³-hybridized carbons (Fsp3) is 0.333. The van der Waals surface area contributed by atoms with E-state index >= 15 is 0 Å². The average Bonchev–Trinajstić information content (AvgIpc) is 2.15. The number of hydrogen-bond acceptors (Lipinski definition) is 1. The minimum Gasteiger partial charge on any atom is -0.385 e. The Balaban J connectivity index is 2.87. The fourth-order valence-electron chi connectivity index (χ4n) is 1.28. The molecule has 0 amide bonds. The average molecular weight is 253 g/mol. The monoisotopic (exact) mass is 252 g/mol. The SMILES string of the molecule is C#CCCC(C)(O)c1cccc(Br)c1. The molecule has 0 aliphatic carbocycles. The molecule has 0 radical (unpaired) electrons. The predicted octanol–water partition coefficient (Wildman–Crippen LogP) is 3.07. The van der Waals surface area contributed by atoms with E-state index in [0.29, 0.717) is 12.8 Å². The van der Waals surface area contributed by atoms with Crippen molar-refractivity contribution in [3.63, 3.8) is 0 Å². The summed E-state index contributed by atoms with van der Waals surface area (Å²) in [4.78, 5) is 0. The van der Waals surface area contributed by atoms with Gasteiger partial charge in [0.2, 0.25) is 0 Å². The topological polar surface area (TPSA) is 20.2 Å². The van der Waals surface area contributed by atoms with E-state index < -0.39 is 5.60 Å². The van der Waals surface area contributed by atoms with Gasteiger partial charge in [-0.05, 0) is 31.0 Å². The molecule has 2 heteroatoms. The van der Waals surface area contributed by atoms with E-state index in [1.54, 1.807) is 6.92 Å². The van der Waals surface area contributed by atoms with Gasteiger partial charge in [-0.15, -0.1) is 12.3 Å². The van der Waals surface area contributed by atoms with Crippen LogP contribution in [0.1, 0.15) is 25.3 Å². The summed E-state index contributed by atoms with van der Waals surface area (Å²) < 4.78 is 0.969. The molecule has 0 saturated carbocycles. The fourth-order valence-corrected chi connectivity index (χ4v) is 1.68. The van der Waals surface area contributed by atoms with Crippen LogP contribution in [-0.2, 0) is 5.60 Å². The molecule has 1 atom stereocenters. The van der Waals surface area contributed by atoms with Gasteiger partial charge in [-0.2, -0.15) is 0 Å². The van der Waals surface area contributed by atoms with Gasteiger partial charge in [-0.25, -0.2) is 0 Å². The first-order valence-corrected chi connectivity index (χ1v) is 5.27. The summed E-state index contributed by atoms with van der Waals surface area (Å²) in [6.45, 7) is 1.78. The second-order valence-electron chi connectivity index (χ2n) is 3.49. The van der Waals surface area contributed by atoms with E-state index in [4.69, 9.17) is 6.42 Å². The second-order valence-corrected chi connectivity index (χ2v) is 4.40. The minimum atomic E-state index is -0.837. The highest BCUT2D eigenvalue weighted by Crippen LogP contribution is 2.27. The molecular formula is C12H13BrO. The van der Waals surface area contributed by atoms with E-state index in [9.17, 15) is 5.11 Å². The number of rotatable bonds is 3. The molecule has 1 rings (SSSR count). The Morgan fingerprint density at radius 1 is 1.57 bits per heavy atom. The van der Waals surface area contributed by atoms with Crippen molar-refractivity contribution in [2.24, 2.45) is 0 Å². The maximum atomic E-state index is 10.1. The van der Waals surface area contributed by atoms with Crippen LogP contribution >= 0.6 is 15.9 Å². The summed E-state index contributed by atoms with van der Waals surface area (Å²) in [5.74, 6) is 2.54. The molecule has 0 aliphatic heterocycles. The van der Waals surface area contributed by atoms with E-state index in [2.05, 4.69) is 21.9 Å². The van der Waals surface area contributed by atoms with Gasteiger partial charge in [0, 0.05) is 10.9 Å². The van der Waals surface area contributed by atoms with Crippen molar-refractivity contribution in [1.82, 2.24) is 0 Å². The zero-order chi connectivity index (χ0) is 10.6. The van der Waals surface area contributed by atoms with Crippen molar-refractivity contribution in [2.45, 2.75) is 25.4 Å². The van der Waals surface area contributed by atoms with Crippen molar-refractivity contribution in [3.8, 4) is 12.3 Å². The van der Waals surface area contributed by atoms with Gasteiger partial charge in [0.05, 0.1) is 5.60 Å². The van der Waals surface area contributed by atoms with Crippen molar-refractivity contribution in [1.29, 1.82) is 0 Å². The maximum Gasteiger partial charge on any atom is 0.0878 e. The van der Waals surface area contributed by atoms with E-state index in [1.807, 2.05) is 24.3 Å². The molecule has 1 aromatic rings. The van der Waals surface area contributed by atoms with Crippen molar-refractivity contribution in [3.05, 3.63) is 34.3 Å². The standard InChI is InChI=1S/C12H13BrO/c1-3-4-8-12(2,14)10-6-5-7-11(13)9-10/h1,5-7,9,14H,4,8H2,2H3. The van der Waals surface area contributed by atoms with Gasteiger partial charge in [0.1, 0.15) is 0 Å². The Morgan fingerprint density at radius 2 is 2.29 bits per heavy atom. The first-order valence-electron chi connectivity index (χ1n) is 4.48. The summed E-state index contributed by atoms with van der Waals surface area (Å²) in [5, 5.41) is 10.1. The minimum absolute atomic E-state index is 0.583. The Kier molecular flexibility index (Phi) is 3.74. The summed E-state index contributed by atoms with van der Waals surface area (Å²) in [5.41, 5.74) is 0.0537. The molecule has 1 N–H and O–H groups in total. The third kappa shape index (κ3) is 2.87. The molecule has 0 bridgehead atoms. The summed E-state index contributed by atoms with van der Waals surface area (Å²) >= 11 is 3.37. The highest BCUT2D eigenvalue weighted by Gasteiger charge is 2.21. The molecule has 1 nitrogen and oxygen atoms in total. The number of terminal acetylenes is 1. The van der Waals surface area contributed by atoms with Gasteiger partial charge in [0.15, 0.2) is 0 Å². The number of hydrogen-bond donors (Lipinski definition) is 1. The highest BCUT2D eigenvalue weighted by atomic mass is 79.9. The van der Waals surface area contributed by atoms with Crippen LogP contribution in [0.25, 0.3) is 0 Å². The third-order valence-corrected chi connectivity index (χ3v) is 2.70. The van der Waals surface area contributed by atoms with Gasteiger partial charge in [-0.1, -0.05) is 28.1 Å². The Labute approximate surface area is 93.3 Å². The molecule has 1 unspecified atom stereocenters. The van der Waals surface area contributed by atoms with E-state index in [-0.39, 0.29) is 0 Å². The van der Waals surface area contributed by atoms with E-state index in [1.165, 1.54) is 0 Å². The lowest BCUT2D eigenvalue weighted by atomic mass is 9.91. The van der Waals surface area contributed by atoms with Crippen molar-refractivity contribution < 1.29 is 5.11 Å². The first kappa shape index (κ1) is 11.3. The molecular weight excluding hydrogens is 240 g/mol. The molecule has 1 aromatic carbocycles. The van der Waals surface area contributed by atoms with Crippen LogP contribution < -0.4 is 0 Å². The van der Waals surface area contributed by atoms with Crippen molar-refractivity contribution in [2.75, 3.05) is 0 Å². The lowest BCUT2D eigenvalue weighted by molar-refractivity contribution is 0.0493. The summed E-state index contributed by atoms with van der Waals surface area (Å²) in [6.07, 6.45) is 6.34. The lowest BCUT2D eigenvalue weighted by Crippen LogP contribution is -2.20. The Hall–Kier alpha value is -0.780. The number of aliphatic hydroxyl groups is 1. The molecule has 74 valence electrons. The Bertz CT molecular complexity index is 350. The number of halogens is 1. The molecule has 0 spiro atoms. The Morgan fingerprint density at radius 3 is 2.86 bits per heavy atom. The quantitative estimate of drug-likeness (QED) is 0.821. The molecule has 14 heavy (non-hydrogen) atoms. The van der Waals surface area contributed by atoms with Gasteiger partial charge in [0.25, 0.3) is 0 Å². The van der Waals surface area contributed by atoms with Crippen LogP contribution in [0, 0.1) is 12.3 Å². The first-order chi connectivity index (χ1) is 6.56. The number of benzene rings is 1. The van der Waals surface area contributed by atoms with Crippen LogP contribution in [0.15, 0.2) is 28.7 Å². The largest absolute Gasteiger partial charge is 0.385 e.